The molecule has 2 aliphatic rings. The summed E-state index contributed by atoms with van der Waals surface area (Å²) >= 11 is 1.18. The number of halogens is 7. The van der Waals surface area contributed by atoms with Crippen molar-refractivity contribution in [1.29, 1.82) is 0 Å². The molecule has 0 spiro atoms. The molecule has 1 N–H and O–H groups in total. The Balaban J connectivity index is 1.17. The normalized spacial score (nSPS) is 18.1. The van der Waals surface area contributed by atoms with E-state index < -0.39 is 41.6 Å². The van der Waals surface area contributed by atoms with Gasteiger partial charge in [-0.1, -0.05) is 12.1 Å². The Morgan fingerprint density at radius 2 is 1.83 bits per heavy atom. The number of nitrogens with one attached hydrogen (secondary N) is 1. The number of ether oxygens (including phenoxy) is 2. The average molecular weight is 665 g/mol. The van der Waals surface area contributed by atoms with Crippen molar-refractivity contribution in [3.63, 3.8) is 0 Å². The van der Waals surface area contributed by atoms with E-state index in [1.165, 1.54) is 43.1 Å². The molecule has 1 amide bonds. The SMILES string of the molecule is COc1cc(/C=C2/SC(N3CCCC3c3nc4ccc(F)cc4[nH]3)=NC2=O)ccc1OCc1ccc(C(F)(F)F)cc1C(F)(F)F. The highest BCUT2D eigenvalue weighted by Gasteiger charge is 2.38. The number of carbonyl (C=O) groups is 1. The van der Waals surface area contributed by atoms with Gasteiger partial charge in [-0.2, -0.15) is 31.3 Å². The molecule has 0 bridgehead atoms. The predicted octanol–water partition coefficient (Wildman–Crippen LogP) is 8.13. The highest BCUT2D eigenvalue weighted by molar-refractivity contribution is 8.18. The fourth-order valence-corrected chi connectivity index (χ4v) is 6.29. The van der Waals surface area contributed by atoms with E-state index in [2.05, 4.69) is 15.0 Å². The summed E-state index contributed by atoms with van der Waals surface area (Å²) in [5.74, 6) is -0.0186. The third-order valence-electron chi connectivity index (χ3n) is 7.50. The first-order chi connectivity index (χ1) is 21.8. The fourth-order valence-electron chi connectivity index (χ4n) is 5.30. The zero-order chi connectivity index (χ0) is 32.8. The number of amides is 1. The smallest absolute Gasteiger partial charge is 0.416 e. The summed E-state index contributed by atoms with van der Waals surface area (Å²) in [6, 6.07) is 9.96. The predicted molar refractivity (Wildman–Crippen MR) is 157 cm³/mol. The van der Waals surface area contributed by atoms with E-state index in [0.29, 0.717) is 45.1 Å². The summed E-state index contributed by atoms with van der Waals surface area (Å²) < 4.78 is 104. The molecule has 1 aromatic heterocycles. The summed E-state index contributed by atoms with van der Waals surface area (Å²) in [5, 5.41) is 0.495. The van der Waals surface area contributed by atoms with E-state index in [-0.39, 0.29) is 29.4 Å². The molecule has 46 heavy (non-hydrogen) atoms. The van der Waals surface area contributed by atoms with E-state index in [9.17, 15) is 35.5 Å². The number of alkyl halides is 6. The molecule has 7 nitrogen and oxygen atoms in total. The number of benzene rings is 3. The van der Waals surface area contributed by atoms with Gasteiger partial charge in [-0.15, -0.1) is 0 Å². The Labute approximate surface area is 261 Å². The largest absolute Gasteiger partial charge is 0.493 e. The van der Waals surface area contributed by atoms with Gasteiger partial charge in [0.15, 0.2) is 16.7 Å². The molecule has 1 saturated heterocycles. The number of H-pyrrole nitrogens is 1. The van der Waals surface area contributed by atoms with Crippen LogP contribution in [-0.4, -0.2) is 39.6 Å². The minimum absolute atomic E-state index is 0.0469. The van der Waals surface area contributed by atoms with Crippen molar-refractivity contribution in [1.82, 2.24) is 14.9 Å². The number of aromatic nitrogens is 2. The van der Waals surface area contributed by atoms with Crippen LogP contribution in [0.3, 0.4) is 0 Å². The summed E-state index contributed by atoms with van der Waals surface area (Å²) in [5.41, 5.74) is -1.65. The van der Waals surface area contributed by atoms with E-state index in [1.807, 2.05) is 4.90 Å². The second kappa shape index (κ2) is 12.0. The molecular weight excluding hydrogens is 641 g/mol. The standard InChI is InChI=1S/C31H23F7N4O3S/c1-44-25-11-16(4-9-24(25)45-15-17-5-6-18(30(33,34)35)13-20(17)31(36,37)38)12-26-28(43)41-29(46-26)42-10-2-3-23(42)27-39-21-8-7-19(32)14-22(21)40-27/h4-9,11-14,23H,2-3,10,15H2,1H3,(H,39,40)/b26-12+. The minimum Gasteiger partial charge on any atom is -0.493 e. The number of amidine groups is 1. The first kappa shape index (κ1) is 31.5. The Morgan fingerprint density at radius 3 is 2.57 bits per heavy atom. The van der Waals surface area contributed by atoms with Gasteiger partial charge in [-0.3, -0.25) is 4.79 Å². The van der Waals surface area contributed by atoms with Crippen molar-refractivity contribution in [2.75, 3.05) is 13.7 Å². The van der Waals surface area contributed by atoms with Crippen LogP contribution in [0.1, 0.15) is 47.0 Å². The topological polar surface area (TPSA) is 79.8 Å². The van der Waals surface area contributed by atoms with Crippen molar-refractivity contribution >= 4 is 39.9 Å². The van der Waals surface area contributed by atoms with E-state index in [1.54, 1.807) is 18.2 Å². The summed E-state index contributed by atoms with van der Waals surface area (Å²) in [6.45, 7) is -0.0379. The first-order valence-electron chi connectivity index (χ1n) is 13.8. The van der Waals surface area contributed by atoms with Crippen LogP contribution >= 0.6 is 11.8 Å². The van der Waals surface area contributed by atoms with Crippen LogP contribution in [0, 0.1) is 5.82 Å². The molecule has 4 aromatic rings. The number of imidazole rings is 1. The monoisotopic (exact) mass is 664 g/mol. The summed E-state index contributed by atoms with van der Waals surface area (Å²) in [4.78, 5) is 27.2. The van der Waals surface area contributed by atoms with Gasteiger partial charge in [0, 0.05) is 12.1 Å². The van der Waals surface area contributed by atoms with Gasteiger partial charge < -0.3 is 19.4 Å². The molecule has 6 rings (SSSR count). The lowest BCUT2D eigenvalue weighted by atomic mass is 10.0. The lowest BCUT2D eigenvalue weighted by Crippen LogP contribution is -2.28. The van der Waals surface area contributed by atoms with Crippen LogP contribution < -0.4 is 9.47 Å². The van der Waals surface area contributed by atoms with E-state index in [4.69, 9.17) is 9.47 Å². The van der Waals surface area contributed by atoms with Crippen molar-refractivity contribution in [3.05, 3.63) is 93.4 Å². The molecular formula is C31H23F7N4O3S. The molecule has 3 heterocycles. The molecule has 3 aromatic carbocycles. The molecule has 0 saturated carbocycles. The average Bonchev–Trinajstić information content (AvgIpc) is 3.73. The van der Waals surface area contributed by atoms with Crippen LogP contribution in [0.5, 0.6) is 11.5 Å². The number of fused-ring (bicyclic) bond motifs is 1. The van der Waals surface area contributed by atoms with Crippen molar-refractivity contribution in [2.45, 2.75) is 37.8 Å². The molecule has 240 valence electrons. The van der Waals surface area contributed by atoms with Crippen molar-refractivity contribution in [2.24, 2.45) is 4.99 Å². The number of likely N-dealkylation sites (tertiary alicyclic amines) is 1. The molecule has 0 aliphatic carbocycles. The lowest BCUT2D eigenvalue weighted by molar-refractivity contribution is -0.143. The third-order valence-corrected chi connectivity index (χ3v) is 8.52. The first-order valence-corrected chi connectivity index (χ1v) is 14.6. The quantitative estimate of drug-likeness (QED) is 0.166. The highest BCUT2D eigenvalue weighted by Crippen LogP contribution is 2.41. The van der Waals surface area contributed by atoms with E-state index in [0.717, 1.165) is 18.9 Å². The number of thioether (sulfide) groups is 1. The van der Waals surface area contributed by atoms with Gasteiger partial charge in [-0.25, -0.2) is 9.37 Å². The zero-order valence-electron chi connectivity index (χ0n) is 23.8. The number of nitrogens with zero attached hydrogens (tertiary/aromatic N) is 3. The number of aliphatic imine (C=N–C) groups is 1. The van der Waals surface area contributed by atoms with Gasteiger partial charge in [0.2, 0.25) is 0 Å². The third kappa shape index (κ3) is 6.41. The molecule has 1 unspecified atom stereocenters. The Morgan fingerprint density at radius 1 is 1.02 bits per heavy atom. The number of carbonyl (C=O) groups excluding carboxylic acids is 1. The summed E-state index contributed by atoms with van der Waals surface area (Å²) in [6.07, 6.45) is -6.80. The Kier molecular flexibility index (Phi) is 8.21. The fraction of sp³-hybridized carbons (Fsp3) is 0.258. The second-order valence-corrected chi connectivity index (χ2v) is 11.5. The van der Waals surface area contributed by atoms with Crippen LogP contribution in [-0.2, 0) is 23.8 Å². The molecule has 1 fully saturated rings. The molecule has 2 aliphatic heterocycles. The van der Waals surface area contributed by atoms with Crippen molar-refractivity contribution in [3.8, 4) is 11.5 Å². The maximum Gasteiger partial charge on any atom is 0.416 e. The maximum atomic E-state index is 13.7. The Bertz CT molecular complexity index is 1880. The van der Waals surface area contributed by atoms with Crippen LogP contribution in [0.2, 0.25) is 0 Å². The van der Waals surface area contributed by atoms with Crippen LogP contribution in [0.4, 0.5) is 30.7 Å². The lowest BCUT2D eigenvalue weighted by Gasteiger charge is -2.23. The maximum absolute atomic E-state index is 13.7. The van der Waals surface area contributed by atoms with Crippen LogP contribution in [0.25, 0.3) is 17.1 Å². The van der Waals surface area contributed by atoms with E-state index >= 15 is 0 Å². The Hall–Kier alpha value is -4.53. The molecule has 15 heteroatoms. The number of aromatic amines is 1. The number of rotatable bonds is 6. The summed E-state index contributed by atoms with van der Waals surface area (Å²) in [7, 11) is 1.31. The zero-order valence-corrected chi connectivity index (χ0v) is 24.6. The highest BCUT2D eigenvalue weighted by atomic mass is 32.2. The van der Waals surface area contributed by atoms with Gasteiger partial charge in [0.25, 0.3) is 5.91 Å². The number of hydrogen-bond acceptors (Lipinski definition) is 6. The minimum atomic E-state index is -5.03. The molecule has 0 radical (unpaired) electrons. The number of hydrogen-bond donors (Lipinski definition) is 1. The van der Waals surface area contributed by atoms with Crippen LogP contribution in [0.15, 0.2) is 64.5 Å². The van der Waals surface area contributed by atoms with Gasteiger partial charge in [0.1, 0.15) is 18.2 Å². The number of methoxy groups -OCH3 is 1. The van der Waals surface area contributed by atoms with Gasteiger partial charge >= 0.3 is 12.4 Å². The van der Waals surface area contributed by atoms with Gasteiger partial charge in [0.05, 0.1) is 40.2 Å². The second-order valence-electron chi connectivity index (χ2n) is 10.5. The van der Waals surface area contributed by atoms with Gasteiger partial charge in [-0.05, 0) is 78.7 Å². The molecule has 1 atom stereocenters. The van der Waals surface area contributed by atoms with Crippen molar-refractivity contribution < 1.29 is 45.0 Å².